The second-order valence-electron chi connectivity index (χ2n) is 10.2. The molecule has 0 fully saturated rings. The number of aromatic nitrogens is 4. The minimum Gasteiger partial charge on any atom is -0.304 e. The summed E-state index contributed by atoms with van der Waals surface area (Å²) in [5.41, 5.74) is 6.99. The summed E-state index contributed by atoms with van der Waals surface area (Å²) < 4.78 is 19.5. The zero-order chi connectivity index (χ0) is 27.8. The van der Waals surface area contributed by atoms with Crippen LogP contribution in [0.3, 0.4) is 0 Å². The molecule has 0 aliphatic heterocycles. The zero-order valence-corrected chi connectivity index (χ0v) is 22.5. The molecule has 0 atom stereocenters. The number of hydrogen-bond donors (Lipinski definition) is 0. The van der Waals surface area contributed by atoms with Crippen LogP contribution in [0.15, 0.2) is 146 Å². The molecule has 0 N–H and O–H groups in total. The Hall–Kier alpha value is -5.29. The van der Waals surface area contributed by atoms with Gasteiger partial charge in [0.05, 0.1) is 0 Å². The minimum absolute atomic E-state index is 0.316. The van der Waals surface area contributed by atoms with E-state index in [2.05, 4.69) is 58.2 Å². The van der Waals surface area contributed by atoms with E-state index in [1.54, 1.807) is 12.1 Å². The number of rotatable bonds is 6. The number of nitrogens with zero attached hydrogens (tertiary/aromatic N) is 4. The van der Waals surface area contributed by atoms with Gasteiger partial charge in [-0.25, -0.2) is 9.37 Å². The molecule has 3 aromatic heterocycles. The third kappa shape index (κ3) is 4.05. The Balaban J connectivity index is 1.59. The van der Waals surface area contributed by atoms with Gasteiger partial charge in [-0.05, 0) is 47.9 Å². The average Bonchev–Trinajstić information content (AvgIpc) is 3.63. The highest BCUT2D eigenvalue weighted by atomic mass is 19.1. The number of imidazole rings is 1. The maximum absolute atomic E-state index is 15.4. The summed E-state index contributed by atoms with van der Waals surface area (Å²) >= 11 is 0. The molecule has 0 saturated carbocycles. The molecule has 7 rings (SSSR count). The SMILES string of the molecule is Cc1cnc2ccc(-c3cn(C(c4ccccc4)(c4ccccc4)c4ccccc4)nc3-c3ccccc3F)cn12. The summed E-state index contributed by atoms with van der Waals surface area (Å²) in [6.45, 7) is 2.02. The molecule has 4 nitrogen and oxygen atoms in total. The Morgan fingerprint density at radius 2 is 1.17 bits per heavy atom. The normalized spacial score (nSPS) is 11.7. The Labute approximate surface area is 238 Å². The molecule has 0 aliphatic rings. The fourth-order valence-corrected chi connectivity index (χ4v) is 5.81. The van der Waals surface area contributed by atoms with Crippen molar-refractivity contribution in [3.63, 3.8) is 0 Å². The third-order valence-electron chi connectivity index (χ3n) is 7.76. The van der Waals surface area contributed by atoms with Crippen LogP contribution in [0.2, 0.25) is 0 Å². The highest BCUT2D eigenvalue weighted by Gasteiger charge is 2.40. The van der Waals surface area contributed by atoms with E-state index >= 15 is 4.39 Å². The smallest absolute Gasteiger partial charge is 0.138 e. The lowest BCUT2D eigenvalue weighted by atomic mass is 9.77. The van der Waals surface area contributed by atoms with E-state index in [-0.39, 0.29) is 5.82 Å². The Bertz CT molecular complexity index is 1860. The lowest BCUT2D eigenvalue weighted by Gasteiger charge is -2.36. The number of benzene rings is 4. The van der Waals surface area contributed by atoms with E-state index in [1.807, 2.05) is 90.6 Å². The van der Waals surface area contributed by atoms with Gasteiger partial charge in [0.25, 0.3) is 0 Å². The maximum Gasteiger partial charge on any atom is 0.138 e. The first-order valence-corrected chi connectivity index (χ1v) is 13.6. The summed E-state index contributed by atoms with van der Waals surface area (Å²) in [7, 11) is 0. The molecule has 0 bridgehead atoms. The van der Waals surface area contributed by atoms with Crippen LogP contribution in [0.1, 0.15) is 22.4 Å². The van der Waals surface area contributed by atoms with Gasteiger partial charge in [-0.15, -0.1) is 0 Å². The van der Waals surface area contributed by atoms with Gasteiger partial charge >= 0.3 is 0 Å². The van der Waals surface area contributed by atoms with Crippen molar-refractivity contribution in [2.45, 2.75) is 12.5 Å². The van der Waals surface area contributed by atoms with Crippen molar-refractivity contribution >= 4 is 5.65 Å². The average molecular weight is 535 g/mol. The maximum atomic E-state index is 15.4. The predicted octanol–water partition coefficient (Wildman–Crippen LogP) is 8.15. The molecular weight excluding hydrogens is 507 g/mol. The van der Waals surface area contributed by atoms with E-state index in [0.29, 0.717) is 11.3 Å². The van der Waals surface area contributed by atoms with Gasteiger partial charge in [-0.3, -0.25) is 4.68 Å². The number of aryl methyl sites for hydroxylation is 1. The molecule has 0 radical (unpaired) electrons. The van der Waals surface area contributed by atoms with E-state index in [1.165, 1.54) is 6.07 Å². The van der Waals surface area contributed by atoms with E-state index in [0.717, 1.165) is 39.2 Å². The van der Waals surface area contributed by atoms with Crippen molar-refractivity contribution in [2.24, 2.45) is 0 Å². The molecule has 3 heterocycles. The first kappa shape index (κ1) is 24.7. The van der Waals surface area contributed by atoms with Crippen LogP contribution in [-0.4, -0.2) is 19.2 Å². The first-order chi connectivity index (χ1) is 20.2. The van der Waals surface area contributed by atoms with Crippen LogP contribution in [0, 0.1) is 12.7 Å². The van der Waals surface area contributed by atoms with Crippen LogP contribution in [0.25, 0.3) is 28.0 Å². The largest absolute Gasteiger partial charge is 0.304 e. The summed E-state index contributed by atoms with van der Waals surface area (Å²) in [5.74, 6) is -0.316. The number of pyridine rings is 1. The quantitative estimate of drug-likeness (QED) is 0.202. The Morgan fingerprint density at radius 1 is 0.610 bits per heavy atom. The van der Waals surface area contributed by atoms with Crippen molar-refractivity contribution in [2.75, 3.05) is 0 Å². The molecule has 4 aromatic carbocycles. The van der Waals surface area contributed by atoms with Gasteiger partial charge < -0.3 is 4.40 Å². The number of halogens is 1. The van der Waals surface area contributed by atoms with E-state index in [4.69, 9.17) is 5.10 Å². The van der Waals surface area contributed by atoms with E-state index < -0.39 is 5.54 Å². The summed E-state index contributed by atoms with van der Waals surface area (Å²) in [6, 6.07) is 42.0. The molecule has 7 aromatic rings. The van der Waals surface area contributed by atoms with Crippen LogP contribution >= 0.6 is 0 Å². The zero-order valence-electron chi connectivity index (χ0n) is 22.5. The third-order valence-corrected chi connectivity index (χ3v) is 7.76. The topological polar surface area (TPSA) is 35.1 Å². The molecule has 0 saturated heterocycles. The number of hydrogen-bond acceptors (Lipinski definition) is 2. The molecule has 0 spiro atoms. The van der Waals surface area contributed by atoms with Gasteiger partial charge in [0.2, 0.25) is 0 Å². The molecule has 0 amide bonds. The van der Waals surface area contributed by atoms with Crippen LogP contribution < -0.4 is 0 Å². The highest BCUT2D eigenvalue weighted by molar-refractivity contribution is 5.81. The van der Waals surface area contributed by atoms with Crippen molar-refractivity contribution in [1.29, 1.82) is 0 Å². The minimum atomic E-state index is -0.822. The standard InChI is InChI=1S/C36H27FN4/c1-26-23-38-34-22-21-27(24-40(26)34)32-25-41(39-35(32)31-19-11-12-20-33(31)37)36(28-13-5-2-6-14-28,29-15-7-3-8-16-29)30-17-9-4-10-18-30/h2-25H,1H3. The van der Waals surface area contributed by atoms with Gasteiger partial charge in [0, 0.05) is 41.0 Å². The van der Waals surface area contributed by atoms with Crippen molar-refractivity contribution in [1.82, 2.24) is 19.2 Å². The highest BCUT2D eigenvalue weighted by Crippen LogP contribution is 2.43. The Morgan fingerprint density at radius 3 is 1.76 bits per heavy atom. The second-order valence-corrected chi connectivity index (χ2v) is 10.2. The molecule has 41 heavy (non-hydrogen) atoms. The van der Waals surface area contributed by atoms with Crippen molar-refractivity contribution in [3.05, 3.63) is 174 Å². The van der Waals surface area contributed by atoms with Crippen molar-refractivity contribution < 1.29 is 4.39 Å². The summed E-state index contributed by atoms with van der Waals surface area (Å²) in [6.07, 6.45) is 5.96. The molecule has 5 heteroatoms. The van der Waals surface area contributed by atoms with Gasteiger partial charge in [0.15, 0.2) is 0 Å². The summed E-state index contributed by atoms with van der Waals surface area (Å²) in [4.78, 5) is 4.49. The first-order valence-electron chi connectivity index (χ1n) is 13.6. The van der Waals surface area contributed by atoms with E-state index in [9.17, 15) is 0 Å². The lowest BCUT2D eigenvalue weighted by Crippen LogP contribution is -2.38. The second kappa shape index (κ2) is 10.0. The van der Waals surface area contributed by atoms with Gasteiger partial charge in [-0.2, -0.15) is 5.10 Å². The number of fused-ring (bicyclic) bond motifs is 1. The molecular formula is C36H27FN4. The molecule has 198 valence electrons. The monoisotopic (exact) mass is 534 g/mol. The summed E-state index contributed by atoms with van der Waals surface area (Å²) in [5, 5.41) is 5.26. The lowest BCUT2D eigenvalue weighted by molar-refractivity contribution is 0.461. The Kier molecular flexibility index (Phi) is 6.05. The molecule has 0 unspecified atom stereocenters. The van der Waals surface area contributed by atoms with Crippen LogP contribution in [0.4, 0.5) is 4.39 Å². The van der Waals surface area contributed by atoms with Crippen LogP contribution in [0.5, 0.6) is 0 Å². The molecule has 0 aliphatic carbocycles. The fourth-order valence-electron chi connectivity index (χ4n) is 5.81. The fraction of sp³-hybridized carbons (Fsp3) is 0.0556. The van der Waals surface area contributed by atoms with Gasteiger partial charge in [-0.1, -0.05) is 103 Å². The predicted molar refractivity (Wildman–Crippen MR) is 161 cm³/mol. The van der Waals surface area contributed by atoms with Gasteiger partial charge in [0.1, 0.15) is 22.7 Å². The van der Waals surface area contributed by atoms with Crippen molar-refractivity contribution in [3.8, 4) is 22.4 Å². The van der Waals surface area contributed by atoms with Crippen LogP contribution in [-0.2, 0) is 5.54 Å².